The predicted molar refractivity (Wildman–Crippen MR) is 77.2 cm³/mol. The topological polar surface area (TPSA) is 50.4 Å². The number of ether oxygens (including phenoxy) is 1. The number of halogens is 1. The average molecular weight is 282 g/mol. The molecule has 1 atom stereocenters. The highest BCUT2D eigenvalue weighted by Crippen LogP contribution is 2.18. The lowest BCUT2D eigenvalue weighted by atomic mass is 10.2. The third-order valence-electron chi connectivity index (χ3n) is 2.87. The first-order valence-electron chi connectivity index (χ1n) is 6.92. The third-order valence-corrected chi connectivity index (χ3v) is 2.87. The first-order chi connectivity index (χ1) is 9.56. The summed E-state index contributed by atoms with van der Waals surface area (Å²) in [5.41, 5.74) is 0.832. The van der Waals surface area contributed by atoms with E-state index in [-0.39, 0.29) is 24.3 Å². The molecule has 5 heteroatoms. The summed E-state index contributed by atoms with van der Waals surface area (Å²) >= 11 is 0. The van der Waals surface area contributed by atoms with Gasteiger partial charge in [-0.25, -0.2) is 4.39 Å². The van der Waals surface area contributed by atoms with Gasteiger partial charge in [0.15, 0.2) is 18.2 Å². The molecule has 2 N–H and O–H groups in total. The summed E-state index contributed by atoms with van der Waals surface area (Å²) in [6.45, 7) is 4.42. The van der Waals surface area contributed by atoms with Crippen molar-refractivity contribution in [1.29, 1.82) is 0 Å². The highest BCUT2D eigenvalue weighted by Gasteiger charge is 2.10. The van der Waals surface area contributed by atoms with Crippen molar-refractivity contribution in [2.24, 2.45) is 0 Å². The van der Waals surface area contributed by atoms with Gasteiger partial charge in [-0.2, -0.15) is 0 Å². The minimum absolute atomic E-state index is 0.100. The number of amides is 1. The lowest BCUT2D eigenvalue weighted by Gasteiger charge is -2.13. The summed E-state index contributed by atoms with van der Waals surface area (Å²) in [7, 11) is 1.80. The van der Waals surface area contributed by atoms with Gasteiger partial charge in [-0.05, 0) is 38.1 Å². The quantitative estimate of drug-likeness (QED) is 0.769. The van der Waals surface area contributed by atoms with Crippen molar-refractivity contribution < 1.29 is 13.9 Å². The Hall–Kier alpha value is -1.62. The molecule has 0 fully saturated rings. The second-order valence-corrected chi connectivity index (χ2v) is 4.84. The zero-order valence-electron chi connectivity index (χ0n) is 12.3. The highest BCUT2D eigenvalue weighted by molar-refractivity contribution is 5.77. The molecule has 0 aliphatic carbocycles. The monoisotopic (exact) mass is 282 g/mol. The van der Waals surface area contributed by atoms with Gasteiger partial charge in [0.05, 0.1) is 0 Å². The van der Waals surface area contributed by atoms with Crippen molar-refractivity contribution in [1.82, 2.24) is 10.6 Å². The molecule has 1 rings (SSSR count). The maximum absolute atomic E-state index is 13.7. The first-order valence-corrected chi connectivity index (χ1v) is 6.92. The fourth-order valence-electron chi connectivity index (χ4n) is 1.94. The number of hydrogen-bond donors (Lipinski definition) is 2. The molecule has 0 heterocycles. The average Bonchev–Trinajstić information content (AvgIpc) is 2.38. The summed E-state index contributed by atoms with van der Waals surface area (Å²) in [6.07, 6.45) is 1.92. The summed E-state index contributed by atoms with van der Waals surface area (Å²) in [5, 5.41) is 5.75. The lowest BCUT2D eigenvalue weighted by molar-refractivity contribution is -0.123. The van der Waals surface area contributed by atoms with Crippen LogP contribution in [0.2, 0.25) is 0 Å². The Bertz CT molecular complexity index is 438. The van der Waals surface area contributed by atoms with E-state index in [0.29, 0.717) is 6.54 Å². The van der Waals surface area contributed by atoms with Crippen molar-refractivity contribution in [3.63, 3.8) is 0 Å². The minimum Gasteiger partial charge on any atom is -0.481 e. The Balaban J connectivity index is 2.47. The van der Waals surface area contributed by atoms with Crippen LogP contribution >= 0.6 is 0 Å². The maximum atomic E-state index is 13.7. The summed E-state index contributed by atoms with van der Waals surface area (Å²) in [5.74, 6) is -0.583. The molecule has 20 heavy (non-hydrogen) atoms. The second kappa shape index (κ2) is 8.53. The largest absolute Gasteiger partial charge is 0.481 e. The predicted octanol–water partition coefficient (Wildman–Crippen LogP) is 2.23. The zero-order valence-corrected chi connectivity index (χ0v) is 12.3. The van der Waals surface area contributed by atoms with Crippen molar-refractivity contribution in [3.8, 4) is 5.75 Å². The van der Waals surface area contributed by atoms with E-state index in [9.17, 15) is 9.18 Å². The van der Waals surface area contributed by atoms with Crippen LogP contribution in [0.1, 0.15) is 32.3 Å². The number of rotatable bonds is 8. The summed E-state index contributed by atoms with van der Waals surface area (Å²) in [4.78, 5) is 11.6. The minimum atomic E-state index is -0.452. The van der Waals surface area contributed by atoms with Crippen LogP contribution in [0.4, 0.5) is 4.39 Å². The van der Waals surface area contributed by atoms with Crippen LogP contribution in [0.25, 0.3) is 0 Å². The SMILES string of the molecule is CCCC(C)NC(=O)COc1ccc(CNC)cc1F. The van der Waals surface area contributed by atoms with Gasteiger partial charge in [0.2, 0.25) is 0 Å². The molecule has 0 saturated heterocycles. The van der Waals surface area contributed by atoms with Crippen molar-refractivity contribution >= 4 is 5.91 Å². The molecule has 0 spiro atoms. The number of benzene rings is 1. The molecule has 1 aromatic carbocycles. The Morgan fingerprint density at radius 2 is 2.20 bits per heavy atom. The van der Waals surface area contributed by atoms with Crippen LogP contribution in [0.5, 0.6) is 5.75 Å². The van der Waals surface area contributed by atoms with Gasteiger partial charge in [0, 0.05) is 12.6 Å². The van der Waals surface area contributed by atoms with Crippen LogP contribution in [0.3, 0.4) is 0 Å². The van der Waals surface area contributed by atoms with Gasteiger partial charge in [-0.1, -0.05) is 19.4 Å². The molecule has 0 aliphatic rings. The normalized spacial score (nSPS) is 12.0. The summed E-state index contributed by atoms with van der Waals surface area (Å²) in [6, 6.07) is 4.83. The number of carbonyl (C=O) groups is 1. The van der Waals surface area contributed by atoms with Crippen molar-refractivity contribution in [2.75, 3.05) is 13.7 Å². The molecular weight excluding hydrogens is 259 g/mol. The molecule has 0 aliphatic heterocycles. The van der Waals surface area contributed by atoms with Gasteiger partial charge in [-0.15, -0.1) is 0 Å². The van der Waals surface area contributed by atoms with Crippen molar-refractivity contribution in [3.05, 3.63) is 29.6 Å². The molecule has 1 amide bonds. The van der Waals surface area contributed by atoms with E-state index in [2.05, 4.69) is 17.6 Å². The van der Waals surface area contributed by atoms with Crippen LogP contribution in [-0.2, 0) is 11.3 Å². The molecule has 4 nitrogen and oxygen atoms in total. The van der Waals surface area contributed by atoms with E-state index in [4.69, 9.17) is 4.74 Å². The number of hydrogen-bond acceptors (Lipinski definition) is 3. The molecule has 0 aromatic heterocycles. The van der Waals surface area contributed by atoms with Gasteiger partial charge in [0.1, 0.15) is 0 Å². The molecule has 0 radical (unpaired) electrons. The number of nitrogens with one attached hydrogen (secondary N) is 2. The Kier molecular flexibility index (Phi) is 7.01. The van der Waals surface area contributed by atoms with E-state index in [1.54, 1.807) is 19.2 Å². The standard InChI is InChI=1S/C15H23FN2O2/c1-4-5-11(2)18-15(19)10-20-14-7-6-12(9-17-3)8-13(14)16/h6-8,11,17H,4-5,9-10H2,1-3H3,(H,18,19). The molecule has 112 valence electrons. The fourth-order valence-corrected chi connectivity index (χ4v) is 1.94. The van der Waals surface area contributed by atoms with E-state index in [0.717, 1.165) is 18.4 Å². The van der Waals surface area contributed by atoms with Crippen LogP contribution in [0.15, 0.2) is 18.2 Å². The second-order valence-electron chi connectivity index (χ2n) is 4.84. The van der Waals surface area contributed by atoms with E-state index >= 15 is 0 Å². The smallest absolute Gasteiger partial charge is 0.258 e. The van der Waals surface area contributed by atoms with Crippen LogP contribution < -0.4 is 15.4 Å². The first kappa shape index (κ1) is 16.4. The van der Waals surface area contributed by atoms with Gasteiger partial charge in [0.25, 0.3) is 5.91 Å². The van der Waals surface area contributed by atoms with Gasteiger partial charge >= 0.3 is 0 Å². The maximum Gasteiger partial charge on any atom is 0.258 e. The highest BCUT2D eigenvalue weighted by atomic mass is 19.1. The third kappa shape index (κ3) is 5.57. The van der Waals surface area contributed by atoms with E-state index in [1.807, 2.05) is 6.92 Å². The molecular formula is C15H23FN2O2. The van der Waals surface area contributed by atoms with Crippen LogP contribution in [-0.4, -0.2) is 25.6 Å². The van der Waals surface area contributed by atoms with Crippen molar-refractivity contribution in [2.45, 2.75) is 39.3 Å². The Morgan fingerprint density at radius 1 is 1.45 bits per heavy atom. The fraction of sp³-hybridized carbons (Fsp3) is 0.533. The zero-order chi connectivity index (χ0) is 15.0. The Labute approximate surface area is 119 Å². The lowest BCUT2D eigenvalue weighted by Crippen LogP contribution is -2.36. The molecule has 1 unspecified atom stereocenters. The van der Waals surface area contributed by atoms with Gasteiger partial charge in [-0.3, -0.25) is 4.79 Å². The van der Waals surface area contributed by atoms with E-state index in [1.165, 1.54) is 6.07 Å². The Morgan fingerprint density at radius 3 is 2.80 bits per heavy atom. The molecule has 0 bridgehead atoms. The molecule has 1 aromatic rings. The number of carbonyl (C=O) groups excluding carboxylic acids is 1. The summed E-state index contributed by atoms with van der Waals surface area (Å²) < 4.78 is 18.9. The molecule has 0 saturated carbocycles. The van der Waals surface area contributed by atoms with Crippen LogP contribution in [0, 0.1) is 5.82 Å². The van der Waals surface area contributed by atoms with Gasteiger partial charge < -0.3 is 15.4 Å². The van der Waals surface area contributed by atoms with E-state index < -0.39 is 5.82 Å².